The summed E-state index contributed by atoms with van der Waals surface area (Å²) in [5, 5.41) is 15.1. The molecule has 2 unspecified atom stereocenters. The molecule has 130 valence electrons. The fraction of sp³-hybridized carbons (Fsp3) is 0.533. The van der Waals surface area contributed by atoms with Crippen LogP contribution in [0.5, 0.6) is 17.2 Å². The summed E-state index contributed by atoms with van der Waals surface area (Å²) in [5.41, 5.74) is 0. The monoisotopic (exact) mass is 346 g/mol. The first-order valence-corrected chi connectivity index (χ1v) is 7.17. The first-order chi connectivity index (χ1) is 10.6. The van der Waals surface area contributed by atoms with Gasteiger partial charge in [0, 0.05) is 24.7 Å². The van der Waals surface area contributed by atoms with Gasteiger partial charge < -0.3 is 30.0 Å². The van der Waals surface area contributed by atoms with E-state index >= 15 is 0 Å². The minimum Gasteiger partial charge on any atom is -0.496 e. The van der Waals surface area contributed by atoms with Crippen LogP contribution in [0, 0.1) is 0 Å². The van der Waals surface area contributed by atoms with E-state index < -0.39 is 6.10 Å². The van der Waals surface area contributed by atoms with Gasteiger partial charge in [0.25, 0.3) is 0 Å². The second kappa shape index (κ2) is 9.44. The molecule has 1 heterocycles. The largest absolute Gasteiger partial charge is 0.496 e. The lowest BCUT2D eigenvalue weighted by Crippen LogP contribution is -2.41. The van der Waals surface area contributed by atoms with Gasteiger partial charge in [-0.05, 0) is 6.42 Å². The van der Waals surface area contributed by atoms with Crippen LogP contribution in [0.15, 0.2) is 18.2 Å². The van der Waals surface area contributed by atoms with Crippen LogP contribution < -0.4 is 24.8 Å². The van der Waals surface area contributed by atoms with Crippen molar-refractivity contribution in [2.75, 3.05) is 33.9 Å². The second-order valence-electron chi connectivity index (χ2n) is 5.04. The van der Waals surface area contributed by atoms with Crippen molar-refractivity contribution in [3.05, 3.63) is 18.2 Å². The van der Waals surface area contributed by atoms with Crippen molar-refractivity contribution in [1.82, 2.24) is 10.6 Å². The quantitative estimate of drug-likeness (QED) is 0.617. The molecule has 8 heteroatoms. The Balaban J connectivity index is 0.00000264. The van der Waals surface area contributed by atoms with Gasteiger partial charge in [0.05, 0.1) is 32.9 Å². The number of β-amino-alcohol motifs (C(OH)–C–C–N with tert-alkyl or cyclic N) is 1. The lowest BCUT2D eigenvalue weighted by molar-refractivity contribution is -0.123. The number of hydrogen-bond acceptors (Lipinski definition) is 6. The van der Waals surface area contributed by atoms with Crippen LogP contribution in [0.2, 0.25) is 0 Å². The molecule has 1 saturated heterocycles. The minimum atomic E-state index is -0.448. The first kappa shape index (κ1) is 19.3. The van der Waals surface area contributed by atoms with Crippen LogP contribution in [0.1, 0.15) is 6.42 Å². The van der Waals surface area contributed by atoms with Crippen molar-refractivity contribution in [3.8, 4) is 17.2 Å². The fourth-order valence-electron chi connectivity index (χ4n) is 2.25. The van der Waals surface area contributed by atoms with E-state index in [1.165, 1.54) is 0 Å². The van der Waals surface area contributed by atoms with Gasteiger partial charge in [-0.15, -0.1) is 12.4 Å². The Morgan fingerprint density at radius 1 is 1.26 bits per heavy atom. The summed E-state index contributed by atoms with van der Waals surface area (Å²) in [7, 11) is 3.14. The highest BCUT2D eigenvalue weighted by molar-refractivity contribution is 5.85. The smallest absolute Gasteiger partial charge is 0.237 e. The van der Waals surface area contributed by atoms with Crippen LogP contribution in [0.3, 0.4) is 0 Å². The molecule has 2 rings (SSSR count). The number of amides is 1. The van der Waals surface area contributed by atoms with Gasteiger partial charge in [0.15, 0.2) is 0 Å². The van der Waals surface area contributed by atoms with Crippen molar-refractivity contribution in [2.24, 2.45) is 0 Å². The molecule has 1 aromatic carbocycles. The molecule has 1 aromatic rings. The maximum absolute atomic E-state index is 11.8. The topological polar surface area (TPSA) is 89.0 Å². The Morgan fingerprint density at radius 2 is 1.87 bits per heavy atom. The van der Waals surface area contributed by atoms with Gasteiger partial charge in [-0.1, -0.05) is 0 Å². The van der Waals surface area contributed by atoms with E-state index in [4.69, 9.17) is 14.2 Å². The third-order valence-electron chi connectivity index (χ3n) is 3.42. The minimum absolute atomic E-state index is 0. The SMILES string of the molecule is COc1cc(OC)cc(OCCNC(=O)C2CC(O)CN2)c1.Cl. The third kappa shape index (κ3) is 5.78. The molecule has 7 nitrogen and oxygen atoms in total. The summed E-state index contributed by atoms with van der Waals surface area (Å²) >= 11 is 0. The molecule has 3 N–H and O–H groups in total. The predicted octanol–water partition coefficient (Wildman–Crippen LogP) is 0.343. The normalized spacial score (nSPS) is 19.6. The molecule has 0 aliphatic carbocycles. The van der Waals surface area contributed by atoms with E-state index in [2.05, 4.69) is 10.6 Å². The van der Waals surface area contributed by atoms with Crippen molar-refractivity contribution in [1.29, 1.82) is 0 Å². The zero-order chi connectivity index (χ0) is 15.9. The van der Waals surface area contributed by atoms with Crippen LogP contribution in [0.4, 0.5) is 0 Å². The Kier molecular flexibility index (Phi) is 7.94. The van der Waals surface area contributed by atoms with Gasteiger partial charge in [0.2, 0.25) is 5.91 Å². The van der Waals surface area contributed by atoms with E-state index in [-0.39, 0.29) is 24.4 Å². The number of benzene rings is 1. The van der Waals surface area contributed by atoms with Crippen LogP contribution in [0.25, 0.3) is 0 Å². The Bertz CT molecular complexity index is 492. The molecule has 23 heavy (non-hydrogen) atoms. The van der Waals surface area contributed by atoms with E-state index in [1.807, 2.05) is 0 Å². The van der Waals surface area contributed by atoms with Gasteiger partial charge in [0.1, 0.15) is 23.9 Å². The van der Waals surface area contributed by atoms with E-state index in [9.17, 15) is 9.90 Å². The maximum atomic E-state index is 11.8. The number of aliphatic hydroxyl groups is 1. The van der Waals surface area contributed by atoms with E-state index in [1.54, 1.807) is 32.4 Å². The lowest BCUT2D eigenvalue weighted by Gasteiger charge is -2.13. The number of hydrogen-bond donors (Lipinski definition) is 3. The molecule has 0 aromatic heterocycles. The maximum Gasteiger partial charge on any atom is 0.237 e. The number of ether oxygens (including phenoxy) is 3. The number of nitrogens with one attached hydrogen (secondary N) is 2. The van der Waals surface area contributed by atoms with E-state index in [0.29, 0.717) is 43.4 Å². The highest BCUT2D eigenvalue weighted by Gasteiger charge is 2.27. The summed E-state index contributed by atoms with van der Waals surface area (Å²) in [6.45, 7) is 1.17. The van der Waals surface area contributed by atoms with Crippen LogP contribution >= 0.6 is 12.4 Å². The van der Waals surface area contributed by atoms with E-state index in [0.717, 1.165) is 0 Å². The van der Waals surface area contributed by atoms with Gasteiger partial charge in [-0.25, -0.2) is 0 Å². The molecule has 2 atom stereocenters. The standard InChI is InChI=1S/C15H22N2O5.ClH/c1-20-11-6-12(21-2)8-13(7-11)22-4-3-16-15(19)14-5-10(18)9-17-14;/h6-8,10,14,17-18H,3-5,9H2,1-2H3,(H,16,19);1H. The Morgan fingerprint density at radius 3 is 2.39 bits per heavy atom. The third-order valence-corrected chi connectivity index (χ3v) is 3.42. The molecule has 0 radical (unpaired) electrons. The van der Waals surface area contributed by atoms with Crippen molar-refractivity contribution in [3.63, 3.8) is 0 Å². The van der Waals surface area contributed by atoms with Crippen molar-refractivity contribution < 1.29 is 24.1 Å². The van der Waals surface area contributed by atoms with Gasteiger partial charge >= 0.3 is 0 Å². The zero-order valence-corrected chi connectivity index (χ0v) is 14.0. The highest BCUT2D eigenvalue weighted by Crippen LogP contribution is 2.27. The average Bonchev–Trinajstić information content (AvgIpc) is 2.97. The van der Waals surface area contributed by atoms with Gasteiger partial charge in [-0.3, -0.25) is 4.79 Å². The molecule has 1 aliphatic heterocycles. The molecular weight excluding hydrogens is 324 g/mol. The molecule has 1 amide bonds. The highest BCUT2D eigenvalue weighted by atomic mass is 35.5. The fourth-order valence-corrected chi connectivity index (χ4v) is 2.25. The van der Waals surface area contributed by atoms with Crippen LogP contribution in [-0.4, -0.2) is 57.1 Å². The summed E-state index contributed by atoms with van der Waals surface area (Å²) < 4.78 is 15.9. The molecule has 1 fully saturated rings. The molecule has 0 saturated carbocycles. The summed E-state index contributed by atoms with van der Waals surface area (Å²) in [6, 6.07) is 4.93. The average molecular weight is 347 g/mol. The zero-order valence-electron chi connectivity index (χ0n) is 13.2. The number of halogens is 1. The second-order valence-corrected chi connectivity index (χ2v) is 5.04. The first-order valence-electron chi connectivity index (χ1n) is 7.17. The molecular formula is C15H23ClN2O5. The molecule has 0 spiro atoms. The summed E-state index contributed by atoms with van der Waals surface area (Å²) in [5.74, 6) is 1.77. The number of carbonyl (C=O) groups excluding carboxylic acids is 1. The Hall–Kier alpha value is -1.70. The predicted molar refractivity (Wildman–Crippen MR) is 87.7 cm³/mol. The Labute approximate surface area is 141 Å². The summed E-state index contributed by atoms with van der Waals surface area (Å²) in [4.78, 5) is 11.8. The number of methoxy groups -OCH3 is 2. The number of rotatable bonds is 7. The number of carbonyl (C=O) groups is 1. The van der Waals surface area contributed by atoms with Crippen molar-refractivity contribution in [2.45, 2.75) is 18.6 Å². The summed E-state index contributed by atoms with van der Waals surface area (Å²) in [6.07, 6.45) is -0.00370. The van der Waals surface area contributed by atoms with Crippen molar-refractivity contribution >= 4 is 18.3 Å². The lowest BCUT2D eigenvalue weighted by atomic mass is 10.2. The molecule has 1 aliphatic rings. The number of aliphatic hydroxyl groups excluding tert-OH is 1. The molecule has 0 bridgehead atoms. The van der Waals surface area contributed by atoms with Gasteiger partial charge in [-0.2, -0.15) is 0 Å². The van der Waals surface area contributed by atoms with Crippen LogP contribution in [-0.2, 0) is 4.79 Å².